The monoisotopic (exact) mass is 304 g/mol. The highest BCUT2D eigenvalue weighted by molar-refractivity contribution is 6.31. The van der Waals surface area contributed by atoms with Gasteiger partial charge in [0.2, 0.25) is 0 Å². The molecule has 0 saturated heterocycles. The molecule has 0 radical (unpaired) electrons. The molecule has 2 aromatic rings. The number of ether oxygens (including phenoxy) is 1. The lowest BCUT2D eigenvalue weighted by atomic mass is 9.97. The molecule has 0 atom stereocenters. The van der Waals surface area contributed by atoms with Gasteiger partial charge in [0.25, 0.3) is 0 Å². The molecular formula is C17H14ClFO2. The normalized spacial score (nSPS) is 15.4. The molecule has 3 rings (SSSR count). The van der Waals surface area contributed by atoms with Crippen molar-refractivity contribution >= 4 is 17.4 Å². The van der Waals surface area contributed by atoms with E-state index in [0.717, 1.165) is 17.7 Å². The first-order valence-electron chi connectivity index (χ1n) is 6.68. The molecular weight excluding hydrogens is 291 g/mol. The molecule has 0 saturated carbocycles. The maximum Gasteiger partial charge on any atom is 0.196 e. The fourth-order valence-electron chi connectivity index (χ4n) is 2.59. The van der Waals surface area contributed by atoms with E-state index >= 15 is 0 Å². The van der Waals surface area contributed by atoms with Crippen LogP contribution in [0.3, 0.4) is 0 Å². The summed E-state index contributed by atoms with van der Waals surface area (Å²) in [7, 11) is 0. The van der Waals surface area contributed by atoms with Crippen LogP contribution < -0.4 is 4.74 Å². The van der Waals surface area contributed by atoms with Crippen molar-refractivity contribution in [3.8, 4) is 5.75 Å². The SMILES string of the molecule is CC1(C)Cc2cc(C(=O)c3cccc(Cl)c3F)ccc2O1. The summed E-state index contributed by atoms with van der Waals surface area (Å²) in [5.41, 5.74) is 1.12. The Morgan fingerprint density at radius 2 is 2.05 bits per heavy atom. The molecule has 1 aliphatic rings. The number of carbonyl (C=O) groups excluding carboxylic acids is 1. The first-order valence-corrected chi connectivity index (χ1v) is 7.06. The van der Waals surface area contributed by atoms with Crippen molar-refractivity contribution in [3.63, 3.8) is 0 Å². The summed E-state index contributed by atoms with van der Waals surface area (Å²) in [4.78, 5) is 12.4. The Kier molecular flexibility index (Phi) is 3.25. The van der Waals surface area contributed by atoms with E-state index in [0.29, 0.717) is 5.56 Å². The minimum absolute atomic E-state index is 0.0133. The van der Waals surface area contributed by atoms with Crippen LogP contribution in [0, 0.1) is 5.82 Å². The number of benzene rings is 2. The summed E-state index contributed by atoms with van der Waals surface area (Å²) in [5, 5.41) is -0.0496. The molecule has 0 N–H and O–H groups in total. The van der Waals surface area contributed by atoms with Crippen LogP contribution >= 0.6 is 11.6 Å². The molecule has 2 aromatic carbocycles. The Balaban J connectivity index is 1.99. The molecule has 21 heavy (non-hydrogen) atoms. The molecule has 4 heteroatoms. The highest BCUT2D eigenvalue weighted by atomic mass is 35.5. The minimum Gasteiger partial charge on any atom is -0.487 e. The lowest BCUT2D eigenvalue weighted by molar-refractivity contribution is 0.103. The van der Waals surface area contributed by atoms with Gasteiger partial charge >= 0.3 is 0 Å². The molecule has 108 valence electrons. The predicted octanol–water partition coefficient (Wildman–Crippen LogP) is 4.42. The molecule has 0 fully saturated rings. The first-order chi connectivity index (χ1) is 9.87. The zero-order chi connectivity index (χ0) is 15.2. The lowest BCUT2D eigenvalue weighted by Crippen LogP contribution is -2.24. The van der Waals surface area contributed by atoms with Gasteiger partial charge in [-0.25, -0.2) is 4.39 Å². The maximum atomic E-state index is 14.0. The molecule has 1 heterocycles. The lowest BCUT2D eigenvalue weighted by Gasteiger charge is -2.16. The Bertz CT molecular complexity index is 738. The number of hydrogen-bond donors (Lipinski definition) is 0. The number of ketones is 1. The van der Waals surface area contributed by atoms with Crippen molar-refractivity contribution in [2.24, 2.45) is 0 Å². The molecule has 0 bridgehead atoms. The third-order valence-electron chi connectivity index (χ3n) is 3.52. The summed E-state index contributed by atoms with van der Waals surface area (Å²) in [6.07, 6.45) is 0.724. The molecule has 0 aliphatic carbocycles. The summed E-state index contributed by atoms with van der Waals surface area (Å²) < 4.78 is 19.7. The Morgan fingerprint density at radius 3 is 2.81 bits per heavy atom. The van der Waals surface area contributed by atoms with Crippen molar-refractivity contribution in [2.75, 3.05) is 0 Å². The molecule has 0 unspecified atom stereocenters. The summed E-state index contributed by atoms with van der Waals surface area (Å²) in [5.74, 6) is -0.271. The average Bonchev–Trinajstić information content (AvgIpc) is 2.73. The van der Waals surface area contributed by atoms with E-state index in [1.807, 2.05) is 13.8 Å². The van der Waals surface area contributed by atoms with Crippen molar-refractivity contribution in [3.05, 3.63) is 63.9 Å². The predicted molar refractivity (Wildman–Crippen MR) is 79.7 cm³/mol. The topological polar surface area (TPSA) is 26.3 Å². The summed E-state index contributed by atoms with van der Waals surface area (Å²) in [6.45, 7) is 3.98. The van der Waals surface area contributed by atoms with Crippen LogP contribution in [0.2, 0.25) is 5.02 Å². The Hall–Kier alpha value is -1.87. The first kappa shape index (κ1) is 14.1. The number of carbonyl (C=O) groups is 1. The number of hydrogen-bond acceptors (Lipinski definition) is 2. The van der Waals surface area contributed by atoms with Crippen LogP contribution in [-0.4, -0.2) is 11.4 Å². The smallest absolute Gasteiger partial charge is 0.196 e. The standard InChI is InChI=1S/C17H14ClFO2/c1-17(2)9-11-8-10(6-7-14(11)21-17)16(20)12-4-3-5-13(18)15(12)19/h3-8H,9H2,1-2H3. The van der Waals surface area contributed by atoms with Crippen LogP contribution in [0.4, 0.5) is 4.39 Å². The molecule has 0 spiro atoms. The zero-order valence-corrected chi connectivity index (χ0v) is 12.5. The van der Waals surface area contributed by atoms with Gasteiger partial charge < -0.3 is 4.74 Å². The highest BCUT2D eigenvalue weighted by Crippen LogP contribution is 2.35. The van der Waals surface area contributed by atoms with Crippen LogP contribution in [0.1, 0.15) is 35.3 Å². The van der Waals surface area contributed by atoms with Crippen molar-refractivity contribution in [2.45, 2.75) is 25.9 Å². The quantitative estimate of drug-likeness (QED) is 0.768. The fourth-order valence-corrected chi connectivity index (χ4v) is 2.76. The van der Waals surface area contributed by atoms with Gasteiger partial charge in [0, 0.05) is 12.0 Å². The van der Waals surface area contributed by atoms with Gasteiger partial charge in [0.05, 0.1) is 10.6 Å². The van der Waals surface area contributed by atoms with Gasteiger partial charge in [0.15, 0.2) is 11.6 Å². The van der Waals surface area contributed by atoms with Crippen LogP contribution in [0.25, 0.3) is 0 Å². The van der Waals surface area contributed by atoms with E-state index in [1.54, 1.807) is 24.3 Å². The average molecular weight is 305 g/mol. The van der Waals surface area contributed by atoms with Crippen molar-refractivity contribution in [1.82, 2.24) is 0 Å². The number of rotatable bonds is 2. The van der Waals surface area contributed by atoms with E-state index < -0.39 is 5.82 Å². The van der Waals surface area contributed by atoms with Gasteiger partial charge in [-0.3, -0.25) is 4.79 Å². The minimum atomic E-state index is -0.679. The van der Waals surface area contributed by atoms with Gasteiger partial charge in [-0.2, -0.15) is 0 Å². The molecule has 0 aromatic heterocycles. The van der Waals surface area contributed by atoms with Crippen LogP contribution in [0.5, 0.6) is 5.75 Å². The van der Waals surface area contributed by atoms with E-state index in [4.69, 9.17) is 16.3 Å². The zero-order valence-electron chi connectivity index (χ0n) is 11.7. The molecule has 2 nitrogen and oxygen atoms in total. The summed E-state index contributed by atoms with van der Waals surface area (Å²) in [6, 6.07) is 9.62. The molecule has 0 amide bonds. The third kappa shape index (κ3) is 2.54. The van der Waals surface area contributed by atoms with Gasteiger partial charge in [-0.1, -0.05) is 17.7 Å². The van der Waals surface area contributed by atoms with Gasteiger partial charge in [-0.05, 0) is 49.7 Å². The maximum absolute atomic E-state index is 14.0. The van der Waals surface area contributed by atoms with E-state index in [9.17, 15) is 9.18 Å². The van der Waals surface area contributed by atoms with Crippen LogP contribution in [0.15, 0.2) is 36.4 Å². The largest absolute Gasteiger partial charge is 0.487 e. The van der Waals surface area contributed by atoms with Gasteiger partial charge in [-0.15, -0.1) is 0 Å². The van der Waals surface area contributed by atoms with E-state index in [2.05, 4.69) is 0 Å². The van der Waals surface area contributed by atoms with Crippen molar-refractivity contribution < 1.29 is 13.9 Å². The van der Waals surface area contributed by atoms with Crippen molar-refractivity contribution in [1.29, 1.82) is 0 Å². The molecule has 1 aliphatic heterocycles. The second-order valence-electron chi connectivity index (χ2n) is 5.79. The van der Waals surface area contributed by atoms with E-state index in [-0.39, 0.29) is 22.0 Å². The highest BCUT2D eigenvalue weighted by Gasteiger charge is 2.30. The second kappa shape index (κ2) is 4.85. The van der Waals surface area contributed by atoms with E-state index in [1.165, 1.54) is 12.1 Å². The summed E-state index contributed by atoms with van der Waals surface area (Å²) >= 11 is 5.73. The van der Waals surface area contributed by atoms with Crippen LogP contribution in [-0.2, 0) is 6.42 Å². The van der Waals surface area contributed by atoms with Gasteiger partial charge in [0.1, 0.15) is 11.4 Å². The number of fused-ring (bicyclic) bond motifs is 1. The second-order valence-corrected chi connectivity index (χ2v) is 6.20. The number of halogens is 2. The third-order valence-corrected chi connectivity index (χ3v) is 3.81. The Morgan fingerprint density at radius 1 is 1.29 bits per heavy atom. The fraction of sp³-hybridized carbons (Fsp3) is 0.235. The Labute approximate surface area is 127 Å².